The van der Waals surface area contributed by atoms with Gasteiger partial charge in [0.1, 0.15) is 5.82 Å². The Bertz CT molecular complexity index is 852. The number of rotatable bonds is 12. The second-order valence-electron chi connectivity index (χ2n) is 8.39. The lowest BCUT2D eigenvalue weighted by Gasteiger charge is -2.24. The number of pyridine rings is 1. The van der Waals surface area contributed by atoms with Crippen LogP contribution in [0.15, 0.2) is 48.7 Å². The quantitative estimate of drug-likeness (QED) is 0.548. The maximum Gasteiger partial charge on any atom is 0.239 e. The van der Waals surface area contributed by atoms with Crippen LogP contribution in [0.3, 0.4) is 0 Å². The van der Waals surface area contributed by atoms with Gasteiger partial charge in [-0.05, 0) is 68.2 Å². The molecule has 2 amide bonds. The Morgan fingerprint density at radius 2 is 1.94 bits per heavy atom. The van der Waals surface area contributed by atoms with Crippen molar-refractivity contribution in [3.8, 4) is 0 Å². The molecule has 1 atom stereocenters. The molecule has 0 spiro atoms. The van der Waals surface area contributed by atoms with Crippen molar-refractivity contribution in [1.29, 1.82) is 0 Å². The summed E-state index contributed by atoms with van der Waals surface area (Å²) in [7, 11) is 0. The van der Waals surface area contributed by atoms with E-state index in [-0.39, 0.29) is 30.4 Å². The van der Waals surface area contributed by atoms with Crippen molar-refractivity contribution in [2.75, 3.05) is 12.3 Å². The largest absolute Gasteiger partial charge is 0.384 e. The minimum Gasteiger partial charge on any atom is -0.384 e. The van der Waals surface area contributed by atoms with Crippen molar-refractivity contribution < 1.29 is 9.59 Å². The predicted octanol–water partition coefficient (Wildman–Crippen LogP) is 3.51. The Hall–Kier alpha value is -2.89. The summed E-state index contributed by atoms with van der Waals surface area (Å²) in [5.74, 6) is 0.511. The molecular formula is C25H34N4O2. The number of aryl methyl sites for hydroxylation is 2. The number of benzene rings is 1. The highest BCUT2D eigenvalue weighted by Gasteiger charge is 2.33. The highest BCUT2D eigenvalue weighted by molar-refractivity contribution is 5.85. The first-order chi connectivity index (χ1) is 15.0. The van der Waals surface area contributed by atoms with Crippen LogP contribution in [0.5, 0.6) is 0 Å². The maximum absolute atomic E-state index is 12.8. The van der Waals surface area contributed by atoms with E-state index in [9.17, 15) is 9.59 Å². The summed E-state index contributed by atoms with van der Waals surface area (Å²) >= 11 is 0. The maximum atomic E-state index is 12.8. The number of anilines is 1. The van der Waals surface area contributed by atoms with Gasteiger partial charge in [0.2, 0.25) is 11.8 Å². The minimum absolute atomic E-state index is 0.0536. The van der Waals surface area contributed by atoms with Crippen molar-refractivity contribution in [3.05, 3.63) is 59.8 Å². The van der Waals surface area contributed by atoms with Gasteiger partial charge in [-0.25, -0.2) is 4.98 Å². The van der Waals surface area contributed by atoms with Crippen LogP contribution < -0.4 is 11.1 Å². The zero-order valence-corrected chi connectivity index (χ0v) is 18.4. The van der Waals surface area contributed by atoms with E-state index in [2.05, 4.69) is 29.4 Å². The van der Waals surface area contributed by atoms with Crippen LogP contribution in [0.1, 0.15) is 56.6 Å². The number of hydrogen-bond donors (Lipinski definition) is 2. The van der Waals surface area contributed by atoms with Gasteiger partial charge in [-0.3, -0.25) is 9.59 Å². The zero-order chi connectivity index (χ0) is 22.1. The third-order valence-electron chi connectivity index (χ3n) is 5.81. The average molecular weight is 423 g/mol. The summed E-state index contributed by atoms with van der Waals surface area (Å²) in [5, 5.41) is 3.14. The third kappa shape index (κ3) is 7.70. The second kappa shape index (κ2) is 11.5. The molecule has 1 aliphatic rings. The summed E-state index contributed by atoms with van der Waals surface area (Å²) in [4.78, 5) is 31.2. The van der Waals surface area contributed by atoms with Crippen LogP contribution in [0.25, 0.3) is 0 Å². The molecule has 1 saturated carbocycles. The molecule has 6 heteroatoms. The van der Waals surface area contributed by atoms with Crippen LogP contribution >= 0.6 is 0 Å². The number of nitrogens with two attached hydrogens (primary N) is 1. The normalized spacial score (nSPS) is 14.1. The summed E-state index contributed by atoms with van der Waals surface area (Å²) < 4.78 is 0. The summed E-state index contributed by atoms with van der Waals surface area (Å²) in [6, 6.07) is 14.4. The number of hydrogen-bond acceptors (Lipinski definition) is 4. The van der Waals surface area contributed by atoms with Gasteiger partial charge in [-0.15, -0.1) is 0 Å². The lowest BCUT2D eigenvalue weighted by Crippen LogP contribution is -2.45. The van der Waals surface area contributed by atoms with E-state index in [1.165, 1.54) is 5.56 Å². The van der Waals surface area contributed by atoms with Crippen LogP contribution in [-0.4, -0.2) is 40.3 Å². The average Bonchev–Trinajstić information content (AvgIpc) is 3.61. The topological polar surface area (TPSA) is 88.3 Å². The van der Waals surface area contributed by atoms with Gasteiger partial charge >= 0.3 is 0 Å². The molecule has 3 N–H and O–H groups in total. The number of nitrogen functional groups attached to an aromatic ring is 1. The van der Waals surface area contributed by atoms with Gasteiger partial charge in [0.25, 0.3) is 0 Å². The highest BCUT2D eigenvalue weighted by atomic mass is 16.2. The van der Waals surface area contributed by atoms with Crippen LogP contribution in [0.4, 0.5) is 5.82 Å². The molecule has 1 aliphatic carbocycles. The van der Waals surface area contributed by atoms with E-state index >= 15 is 0 Å². The molecule has 1 aromatic heterocycles. The number of carbonyl (C=O) groups excluding carboxylic acids is 2. The lowest BCUT2D eigenvalue weighted by atomic mass is 10.0. The molecule has 1 aromatic carbocycles. The Kier molecular flexibility index (Phi) is 8.44. The van der Waals surface area contributed by atoms with Gasteiger partial charge in [-0.1, -0.05) is 37.3 Å². The van der Waals surface area contributed by atoms with Crippen LogP contribution in [0.2, 0.25) is 0 Å². The zero-order valence-electron chi connectivity index (χ0n) is 18.4. The van der Waals surface area contributed by atoms with Crippen LogP contribution in [0, 0.1) is 0 Å². The van der Waals surface area contributed by atoms with Crippen molar-refractivity contribution in [1.82, 2.24) is 15.2 Å². The van der Waals surface area contributed by atoms with E-state index in [0.717, 1.165) is 50.5 Å². The molecule has 31 heavy (non-hydrogen) atoms. The Labute approximate surface area is 185 Å². The summed E-state index contributed by atoms with van der Waals surface area (Å²) in [5.41, 5.74) is 8.08. The Balaban J connectivity index is 1.44. The Morgan fingerprint density at radius 3 is 2.61 bits per heavy atom. The first-order valence-electron chi connectivity index (χ1n) is 11.4. The van der Waals surface area contributed by atoms with E-state index in [1.807, 2.05) is 30.3 Å². The molecule has 0 aliphatic heterocycles. The van der Waals surface area contributed by atoms with Gasteiger partial charge < -0.3 is 16.0 Å². The monoisotopic (exact) mass is 422 g/mol. The number of carbonyl (C=O) groups is 2. The summed E-state index contributed by atoms with van der Waals surface area (Å²) in [6.45, 7) is 2.25. The van der Waals surface area contributed by atoms with Crippen LogP contribution in [-0.2, 0) is 22.4 Å². The molecule has 1 fully saturated rings. The van der Waals surface area contributed by atoms with Crippen molar-refractivity contribution >= 4 is 17.6 Å². The van der Waals surface area contributed by atoms with Gasteiger partial charge in [0.05, 0.1) is 6.54 Å². The highest BCUT2D eigenvalue weighted by Crippen LogP contribution is 2.27. The first-order valence-corrected chi connectivity index (χ1v) is 11.4. The molecule has 1 unspecified atom stereocenters. The van der Waals surface area contributed by atoms with Crippen molar-refractivity contribution in [3.63, 3.8) is 0 Å². The number of amides is 2. The molecule has 3 rings (SSSR count). The third-order valence-corrected chi connectivity index (χ3v) is 5.81. The van der Waals surface area contributed by atoms with Gasteiger partial charge in [-0.2, -0.15) is 0 Å². The number of nitrogens with zero attached hydrogens (tertiary/aromatic N) is 2. The van der Waals surface area contributed by atoms with Gasteiger partial charge in [0.15, 0.2) is 0 Å². The number of aromatic nitrogens is 1. The summed E-state index contributed by atoms with van der Waals surface area (Å²) in [6.07, 6.45) is 8.35. The molecule has 0 saturated heterocycles. The number of nitrogens with one attached hydrogen (secondary N) is 1. The molecule has 2 aromatic rings. The predicted molar refractivity (Wildman–Crippen MR) is 123 cm³/mol. The molecule has 6 nitrogen and oxygen atoms in total. The molecule has 0 radical (unpaired) electrons. The fourth-order valence-electron chi connectivity index (χ4n) is 3.84. The van der Waals surface area contributed by atoms with E-state index in [0.29, 0.717) is 12.2 Å². The van der Waals surface area contributed by atoms with E-state index in [1.54, 1.807) is 11.1 Å². The molecule has 166 valence electrons. The van der Waals surface area contributed by atoms with Crippen molar-refractivity contribution in [2.24, 2.45) is 0 Å². The molecule has 1 heterocycles. The Morgan fingerprint density at radius 1 is 1.16 bits per heavy atom. The first kappa shape index (κ1) is 22.8. The van der Waals surface area contributed by atoms with Crippen molar-refractivity contribution in [2.45, 2.75) is 70.4 Å². The fourth-order valence-corrected chi connectivity index (χ4v) is 3.84. The fraction of sp³-hybridized carbons (Fsp3) is 0.480. The standard InChI is InChI=1S/C25H34N4O2/c1-2-21(12-11-19-7-4-3-5-8-19)28-24(30)18-29(22-13-14-22)25(31)10-6-9-20-15-16-27-23(26)17-20/h3-5,7-8,15-17,21-22H,2,6,9-14,18H2,1H3,(H2,26,27)(H,28,30). The van der Waals surface area contributed by atoms with Gasteiger partial charge in [0, 0.05) is 24.7 Å². The SMILES string of the molecule is CCC(CCc1ccccc1)NC(=O)CN(C(=O)CCCc1ccnc(N)c1)C1CC1. The molecule has 0 bridgehead atoms. The van der Waals surface area contributed by atoms with E-state index in [4.69, 9.17) is 5.73 Å². The lowest BCUT2D eigenvalue weighted by molar-refractivity contribution is -0.137. The smallest absolute Gasteiger partial charge is 0.239 e. The van der Waals surface area contributed by atoms with E-state index < -0.39 is 0 Å². The second-order valence-corrected chi connectivity index (χ2v) is 8.39. The minimum atomic E-state index is -0.0536. The molecular weight excluding hydrogens is 388 g/mol.